The van der Waals surface area contributed by atoms with E-state index in [0.29, 0.717) is 12.6 Å². The van der Waals surface area contributed by atoms with E-state index in [2.05, 4.69) is 20.5 Å². The van der Waals surface area contributed by atoms with Crippen LogP contribution in [0.25, 0.3) is 0 Å². The third kappa shape index (κ3) is 3.24. The Hall–Kier alpha value is -2.44. The van der Waals surface area contributed by atoms with Gasteiger partial charge in [-0.25, -0.2) is 4.79 Å². The van der Waals surface area contributed by atoms with Gasteiger partial charge in [-0.3, -0.25) is 4.98 Å². The summed E-state index contributed by atoms with van der Waals surface area (Å²) < 4.78 is 1.81. The third-order valence-corrected chi connectivity index (χ3v) is 3.78. The van der Waals surface area contributed by atoms with E-state index in [1.54, 1.807) is 12.5 Å². The summed E-state index contributed by atoms with van der Waals surface area (Å²) in [6, 6.07) is 5.80. The number of nitrogens with one attached hydrogen (secondary N) is 1. The van der Waals surface area contributed by atoms with E-state index < -0.39 is 0 Å². The van der Waals surface area contributed by atoms with E-state index in [0.717, 1.165) is 24.4 Å². The van der Waals surface area contributed by atoms with Gasteiger partial charge in [-0.2, -0.15) is 0 Å². The van der Waals surface area contributed by atoms with Crippen LogP contribution in [0.4, 0.5) is 4.79 Å². The van der Waals surface area contributed by atoms with Gasteiger partial charge in [0.25, 0.3) is 0 Å². The molecule has 1 saturated carbocycles. The highest BCUT2D eigenvalue weighted by atomic mass is 16.2. The molecule has 7 heteroatoms. The molecule has 0 bridgehead atoms. The number of hydrogen-bond donors (Lipinski definition) is 1. The van der Waals surface area contributed by atoms with Gasteiger partial charge in [-0.1, -0.05) is 6.07 Å². The lowest BCUT2D eigenvalue weighted by Crippen LogP contribution is -2.42. The van der Waals surface area contributed by atoms with Gasteiger partial charge in [0.1, 0.15) is 6.33 Å². The molecule has 1 N–H and O–H groups in total. The molecule has 2 heterocycles. The summed E-state index contributed by atoms with van der Waals surface area (Å²) in [4.78, 5) is 18.7. The molecule has 3 rings (SSSR count). The van der Waals surface area contributed by atoms with Gasteiger partial charge in [0, 0.05) is 19.3 Å². The van der Waals surface area contributed by atoms with E-state index in [9.17, 15) is 4.79 Å². The van der Waals surface area contributed by atoms with Crippen molar-refractivity contribution in [2.45, 2.75) is 38.4 Å². The van der Waals surface area contributed by atoms with Gasteiger partial charge in [-0.15, -0.1) is 10.2 Å². The number of carbonyl (C=O) groups is 1. The first-order chi connectivity index (χ1) is 10.6. The molecule has 0 saturated heterocycles. The highest BCUT2D eigenvalue weighted by molar-refractivity contribution is 5.75. The molecule has 2 amide bonds. The molecule has 7 nitrogen and oxygen atoms in total. The minimum absolute atomic E-state index is 0.0800. The molecule has 0 aliphatic heterocycles. The standard InChI is InChI=1S/C15H20N6O/c1-11(14-19-17-10-20(14)2)18-15(22)21(13-6-7-13)9-12-5-3-4-8-16-12/h3-5,8,10-11,13H,6-7,9H2,1-2H3,(H,18,22)/t11-/m1/s1. The highest BCUT2D eigenvalue weighted by Gasteiger charge is 2.33. The van der Waals surface area contributed by atoms with Gasteiger partial charge in [-0.05, 0) is 31.9 Å². The first-order valence-electron chi connectivity index (χ1n) is 7.46. The van der Waals surface area contributed by atoms with Crippen molar-refractivity contribution in [3.63, 3.8) is 0 Å². The number of rotatable bonds is 5. The number of nitrogens with zero attached hydrogens (tertiary/aromatic N) is 5. The van der Waals surface area contributed by atoms with Crippen LogP contribution in [0.1, 0.15) is 37.3 Å². The maximum atomic E-state index is 12.6. The van der Waals surface area contributed by atoms with Crippen LogP contribution in [0.5, 0.6) is 0 Å². The minimum atomic E-state index is -0.190. The Bertz CT molecular complexity index is 636. The molecule has 116 valence electrons. The zero-order chi connectivity index (χ0) is 15.5. The Morgan fingerprint density at radius 2 is 2.32 bits per heavy atom. The lowest BCUT2D eigenvalue weighted by Gasteiger charge is -2.24. The molecule has 0 aromatic carbocycles. The van der Waals surface area contributed by atoms with Crippen molar-refractivity contribution < 1.29 is 4.79 Å². The van der Waals surface area contributed by atoms with Gasteiger partial charge in [0.05, 0.1) is 18.3 Å². The molecular weight excluding hydrogens is 280 g/mol. The van der Waals surface area contributed by atoms with Crippen molar-refractivity contribution in [1.82, 2.24) is 30.0 Å². The van der Waals surface area contributed by atoms with Crippen molar-refractivity contribution in [2.75, 3.05) is 0 Å². The third-order valence-electron chi connectivity index (χ3n) is 3.78. The molecule has 2 aromatic rings. The molecule has 0 radical (unpaired) electrons. The topological polar surface area (TPSA) is 75.9 Å². The Morgan fingerprint density at radius 1 is 1.50 bits per heavy atom. The maximum absolute atomic E-state index is 12.6. The van der Waals surface area contributed by atoms with Crippen LogP contribution in [0.15, 0.2) is 30.7 Å². The van der Waals surface area contributed by atoms with Crippen LogP contribution < -0.4 is 5.32 Å². The highest BCUT2D eigenvalue weighted by Crippen LogP contribution is 2.28. The van der Waals surface area contributed by atoms with E-state index in [4.69, 9.17) is 0 Å². The lowest BCUT2D eigenvalue weighted by molar-refractivity contribution is 0.187. The normalized spacial score (nSPS) is 15.4. The fourth-order valence-electron chi connectivity index (χ4n) is 2.44. The molecule has 0 unspecified atom stereocenters. The van der Waals surface area contributed by atoms with E-state index in [1.165, 1.54) is 0 Å². The number of hydrogen-bond acceptors (Lipinski definition) is 4. The Kier molecular flexibility index (Phi) is 4.04. The first-order valence-corrected chi connectivity index (χ1v) is 7.46. The molecule has 0 spiro atoms. The monoisotopic (exact) mass is 300 g/mol. The fourth-order valence-corrected chi connectivity index (χ4v) is 2.44. The summed E-state index contributed by atoms with van der Waals surface area (Å²) in [6.07, 6.45) is 5.49. The van der Waals surface area contributed by atoms with Crippen LogP contribution in [-0.4, -0.2) is 36.7 Å². The SMILES string of the molecule is C[C@@H](NC(=O)N(Cc1ccccn1)C1CC1)c1nncn1C. The number of carbonyl (C=O) groups excluding carboxylic acids is 1. The summed E-state index contributed by atoms with van der Waals surface area (Å²) in [5, 5.41) is 10.9. The second-order valence-corrected chi connectivity index (χ2v) is 5.65. The number of aryl methyl sites for hydroxylation is 1. The fraction of sp³-hybridized carbons (Fsp3) is 0.467. The van der Waals surface area contributed by atoms with Crippen LogP contribution in [0, 0.1) is 0 Å². The van der Waals surface area contributed by atoms with Crippen LogP contribution >= 0.6 is 0 Å². The second-order valence-electron chi connectivity index (χ2n) is 5.65. The second kappa shape index (κ2) is 6.13. The van der Waals surface area contributed by atoms with Crippen LogP contribution in [-0.2, 0) is 13.6 Å². The van der Waals surface area contributed by atoms with Crippen LogP contribution in [0.3, 0.4) is 0 Å². The summed E-state index contributed by atoms with van der Waals surface area (Å²) in [5.41, 5.74) is 0.899. The quantitative estimate of drug-likeness (QED) is 0.911. The van der Waals surface area contributed by atoms with Crippen molar-refractivity contribution in [3.05, 3.63) is 42.2 Å². The Morgan fingerprint density at radius 3 is 2.91 bits per heavy atom. The van der Waals surface area contributed by atoms with Crippen molar-refractivity contribution >= 4 is 6.03 Å². The van der Waals surface area contributed by atoms with Gasteiger partial charge < -0.3 is 14.8 Å². The molecule has 1 fully saturated rings. The number of pyridine rings is 1. The van der Waals surface area contributed by atoms with Crippen molar-refractivity contribution in [1.29, 1.82) is 0 Å². The van der Waals surface area contributed by atoms with Crippen LogP contribution in [0.2, 0.25) is 0 Å². The average Bonchev–Trinajstić information content (AvgIpc) is 3.26. The minimum Gasteiger partial charge on any atom is -0.328 e. The molecule has 22 heavy (non-hydrogen) atoms. The Labute approximate surface area is 129 Å². The molecule has 1 aliphatic rings. The van der Waals surface area contributed by atoms with E-state index >= 15 is 0 Å². The van der Waals surface area contributed by atoms with Crippen molar-refractivity contribution in [3.8, 4) is 0 Å². The molecule has 2 aromatic heterocycles. The zero-order valence-electron chi connectivity index (χ0n) is 12.8. The van der Waals surface area contributed by atoms with E-state index in [-0.39, 0.29) is 12.1 Å². The first kappa shape index (κ1) is 14.5. The maximum Gasteiger partial charge on any atom is 0.318 e. The Balaban J connectivity index is 1.67. The lowest BCUT2D eigenvalue weighted by atomic mass is 10.3. The smallest absolute Gasteiger partial charge is 0.318 e. The summed E-state index contributed by atoms with van der Waals surface area (Å²) >= 11 is 0. The molecule has 1 aliphatic carbocycles. The predicted molar refractivity (Wildman–Crippen MR) is 80.8 cm³/mol. The van der Waals surface area contributed by atoms with Crippen molar-refractivity contribution in [2.24, 2.45) is 7.05 Å². The molecular formula is C15H20N6O. The predicted octanol–water partition coefficient (Wildman–Crippen LogP) is 1.65. The zero-order valence-corrected chi connectivity index (χ0v) is 12.8. The number of urea groups is 1. The average molecular weight is 300 g/mol. The van der Waals surface area contributed by atoms with Gasteiger partial charge >= 0.3 is 6.03 Å². The summed E-state index contributed by atoms with van der Waals surface area (Å²) in [6.45, 7) is 2.44. The molecule has 1 atom stereocenters. The largest absolute Gasteiger partial charge is 0.328 e. The van der Waals surface area contributed by atoms with Gasteiger partial charge in [0.2, 0.25) is 0 Å². The summed E-state index contributed by atoms with van der Waals surface area (Å²) in [7, 11) is 1.87. The summed E-state index contributed by atoms with van der Waals surface area (Å²) in [5.74, 6) is 0.738. The van der Waals surface area contributed by atoms with Gasteiger partial charge in [0.15, 0.2) is 5.82 Å². The number of aromatic nitrogens is 4. The van der Waals surface area contributed by atoms with E-state index in [1.807, 2.05) is 41.6 Å². The number of amides is 2.